The highest BCUT2D eigenvalue weighted by Gasteiger charge is 2.23. The molecule has 10 heteroatoms. The maximum Gasteiger partial charge on any atom is 0.704 e. The maximum absolute atomic E-state index is 11.1. The van der Waals surface area contributed by atoms with Gasteiger partial charge in [0.05, 0.1) is 12.2 Å². The van der Waals surface area contributed by atoms with Crippen LogP contribution in [0.3, 0.4) is 0 Å². The third-order valence-corrected chi connectivity index (χ3v) is 1.97. The number of carbonyl (C=O) groups is 2. The molecular weight excluding hydrogens is 295 g/mol. The van der Waals surface area contributed by atoms with E-state index in [1.165, 1.54) is 0 Å². The number of rotatable bonds is 8. The molecule has 0 aromatic rings. The lowest BCUT2D eigenvalue weighted by atomic mass is 10.5. The van der Waals surface area contributed by atoms with Crippen LogP contribution in [-0.4, -0.2) is 38.1 Å². The van der Waals surface area contributed by atoms with Crippen LogP contribution in [0.15, 0.2) is 0 Å². The fourth-order valence-electron chi connectivity index (χ4n) is 0.725. The van der Waals surface area contributed by atoms with Crippen molar-refractivity contribution in [3.05, 3.63) is 0 Å². The summed E-state index contributed by atoms with van der Waals surface area (Å²) in [7, 11) is -2.60. The van der Waals surface area contributed by atoms with Crippen LogP contribution >= 0.6 is 8.25 Å². The third kappa shape index (κ3) is 11.6. The summed E-state index contributed by atoms with van der Waals surface area (Å²) in [4.78, 5) is 21.8. The summed E-state index contributed by atoms with van der Waals surface area (Å²) in [5, 5.41) is 0. The average molecular weight is 313 g/mol. The molecule has 0 spiro atoms. The van der Waals surface area contributed by atoms with Crippen molar-refractivity contribution in [2.45, 2.75) is 39.9 Å². The van der Waals surface area contributed by atoms with Gasteiger partial charge in [-0.2, -0.15) is 0 Å². The highest BCUT2D eigenvalue weighted by molar-refractivity contribution is 7.33. The molecule has 9 nitrogen and oxygen atoms in total. The van der Waals surface area contributed by atoms with Gasteiger partial charge in [-0.25, -0.2) is 9.59 Å². The van der Waals surface area contributed by atoms with Crippen LogP contribution in [0.25, 0.3) is 0 Å². The van der Waals surface area contributed by atoms with Crippen molar-refractivity contribution in [3.63, 3.8) is 0 Å². The molecule has 0 aromatic carbocycles. The minimum atomic E-state index is -2.60. The van der Waals surface area contributed by atoms with Crippen molar-refractivity contribution in [1.29, 1.82) is 0 Å². The average Bonchev–Trinajstić information content (AvgIpc) is 2.26. The van der Waals surface area contributed by atoms with E-state index in [0.29, 0.717) is 0 Å². The Hall–Kier alpha value is -1.44. The zero-order valence-corrected chi connectivity index (χ0v) is 12.6. The van der Waals surface area contributed by atoms with Gasteiger partial charge < -0.3 is 18.9 Å². The van der Waals surface area contributed by atoms with Crippen molar-refractivity contribution in [2.24, 2.45) is 0 Å². The summed E-state index contributed by atoms with van der Waals surface area (Å²) < 4.78 is 38.2. The zero-order valence-electron chi connectivity index (χ0n) is 11.7. The van der Waals surface area contributed by atoms with Crippen LogP contribution < -0.4 is 0 Å². The van der Waals surface area contributed by atoms with E-state index in [-0.39, 0.29) is 12.2 Å². The van der Waals surface area contributed by atoms with Gasteiger partial charge in [0.15, 0.2) is 0 Å². The lowest BCUT2D eigenvalue weighted by Crippen LogP contribution is -2.15. The largest absolute Gasteiger partial charge is 0.704 e. The molecule has 0 saturated heterocycles. The van der Waals surface area contributed by atoms with Gasteiger partial charge in [-0.15, -0.1) is 0 Å². The Morgan fingerprint density at radius 3 is 1.50 bits per heavy atom. The van der Waals surface area contributed by atoms with Crippen LogP contribution in [-0.2, 0) is 32.6 Å². The van der Waals surface area contributed by atoms with Crippen LogP contribution in [0.1, 0.15) is 27.7 Å². The third-order valence-electron chi connectivity index (χ3n) is 1.33. The molecule has 116 valence electrons. The van der Waals surface area contributed by atoms with Crippen LogP contribution in [0.4, 0.5) is 9.59 Å². The van der Waals surface area contributed by atoms with Gasteiger partial charge in [-0.05, 0) is 27.7 Å². The second kappa shape index (κ2) is 10.4. The van der Waals surface area contributed by atoms with Crippen molar-refractivity contribution < 1.29 is 42.1 Å². The molecular formula is C10H18O9P+. The second-order valence-electron chi connectivity index (χ2n) is 3.84. The first-order valence-electron chi connectivity index (χ1n) is 5.71. The normalized spacial score (nSPS) is 10.3. The molecule has 0 saturated carbocycles. The van der Waals surface area contributed by atoms with Gasteiger partial charge >= 0.3 is 20.6 Å². The molecule has 0 atom stereocenters. The first-order valence-corrected chi connectivity index (χ1v) is 6.80. The molecule has 0 heterocycles. The quantitative estimate of drug-likeness (QED) is 0.379. The van der Waals surface area contributed by atoms with Crippen molar-refractivity contribution in [3.8, 4) is 0 Å². The Morgan fingerprint density at radius 1 is 0.850 bits per heavy atom. The van der Waals surface area contributed by atoms with Gasteiger partial charge in [0.2, 0.25) is 0 Å². The van der Waals surface area contributed by atoms with Gasteiger partial charge in [-0.1, -0.05) is 9.05 Å². The number of hydrogen-bond donors (Lipinski definition) is 0. The van der Waals surface area contributed by atoms with Crippen molar-refractivity contribution in [2.75, 3.05) is 13.6 Å². The van der Waals surface area contributed by atoms with Gasteiger partial charge in [0.25, 0.3) is 13.6 Å². The topological polar surface area (TPSA) is 107 Å². The molecule has 0 fully saturated rings. The number of ether oxygens (including phenoxy) is 4. The van der Waals surface area contributed by atoms with E-state index < -0.39 is 34.2 Å². The van der Waals surface area contributed by atoms with Crippen LogP contribution in [0.2, 0.25) is 0 Å². The molecule has 0 aliphatic carbocycles. The summed E-state index contributed by atoms with van der Waals surface area (Å²) in [5.41, 5.74) is 0. The van der Waals surface area contributed by atoms with E-state index in [2.05, 4.69) is 28.0 Å². The Balaban J connectivity index is 3.60. The highest BCUT2D eigenvalue weighted by atomic mass is 31.1. The Kier molecular flexibility index (Phi) is 9.61. The Bertz CT molecular complexity index is 299. The minimum Gasteiger partial charge on any atom is -0.432 e. The summed E-state index contributed by atoms with van der Waals surface area (Å²) in [5.74, 6) is 0. The summed E-state index contributed by atoms with van der Waals surface area (Å²) in [6, 6.07) is 0. The number of hydrogen-bond acceptors (Lipinski definition) is 9. The first kappa shape index (κ1) is 18.6. The lowest BCUT2D eigenvalue weighted by Gasteiger charge is -2.06. The SMILES string of the molecule is CC(C)OC(=O)OCO[P+](=O)OCOC(=O)OC(C)C. The number of carbonyl (C=O) groups excluding carboxylic acids is 2. The van der Waals surface area contributed by atoms with E-state index in [9.17, 15) is 14.2 Å². The maximum atomic E-state index is 11.1. The Morgan fingerprint density at radius 2 is 1.20 bits per heavy atom. The van der Waals surface area contributed by atoms with E-state index in [4.69, 9.17) is 0 Å². The fraction of sp³-hybridized carbons (Fsp3) is 0.800. The predicted molar refractivity (Wildman–Crippen MR) is 64.9 cm³/mol. The summed E-state index contributed by atoms with van der Waals surface area (Å²) in [6.45, 7) is 5.32. The molecule has 0 radical (unpaired) electrons. The molecule has 0 aromatic heterocycles. The standard InChI is InChI=1S/C10H18O9P/c1-7(2)18-9(11)14-5-16-20(13)17-6-15-10(12)19-8(3)4/h7-8H,5-6H2,1-4H3/q+1. The lowest BCUT2D eigenvalue weighted by molar-refractivity contribution is -0.0257. The van der Waals surface area contributed by atoms with Crippen molar-refractivity contribution >= 4 is 20.6 Å². The van der Waals surface area contributed by atoms with Gasteiger partial charge in [0.1, 0.15) is 0 Å². The monoisotopic (exact) mass is 313 g/mol. The van der Waals surface area contributed by atoms with Gasteiger partial charge in [-0.3, -0.25) is 0 Å². The van der Waals surface area contributed by atoms with E-state index in [0.717, 1.165) is 0 Å². The van der Waals surface area contributed by atoms with Gasteiger partial charge in [0, 0.05) is 4.57 Å². The summed E-state index contributed by atoms with van der Waals surface area (Å²) >= 11 is 0. The predicted octanol–water partition coefficient (Wildman–Crippen LogP) is 2.72. The minimum absolute atomic E-state index is 0.340. The smallest absolute Gasteiger partial charge is 0.432 e. The van der Waals surface area contributed by atoms with Crippen LogP contribution in [0.5, 0.6) is 0 Å². The zero-order chi connectivity index (χ0) is 15.5. The van der Waals surface area contributed by atoms with E-state index >= 15 is 0 Å². The highest BCUT2D eigenvalue weighted by Crippen LogP contribution is 2.23. The molecule has 20 heavy (non-hydrogen) atoms. The van der Waals surface area contributed by atoms with E-state index in [1.807, 2.05) is 0 Å². The molecule has 0 rings (SSSR count). The molecule has 0 unspecified atom stereocenters. The molecule has 0 N–H and O–H groups in total. The molecule has 0 aliphatic rings. The summed E-state index contributed by atoms with van der Waals surface area (Å²) in [6.07, 6.45) is -2.60. The molecule has 0 aliphatic heterocycles. The Labute approximate surface area is 117 Å². The second-order valence-corrected chi connectivity index (χ2v) is 4.80. The van der Waals surface area contributed by atoms with Crippen molar-refractivity contribution in [1.82, 2.24) is 0 Å². The fourth-order valence-corrected chi connectivity index (χ4v) is 1.08. The van der Waals surface area contributed by atoms with E-state index in [1.54, 1.807) is 27.7 Å². The molecule has 0 amide bonds. The molecule has 0 bridgehead atoms. The first-order chi connectivity index (χ1) is 9.31. The van der Waals surface area contributed by atoms with Crippen LogP contribution in [0, 0.1) is 0 Å².